The van der Waals surface area contributed by atoms with Gasteiger partial charge in [-0.15, -0.1) is 0 Å². The molecule has 0 aromatic heterocycles. The summed E-state index contributed by atoms with van der Waals surface area (Å²) in [4.78, 5) is 13.0. The molecule has 0 aromatic carbocycles. The van der Waals surface area contributed by atoms with Gasteiger partial charge in [0.15, 0.2) is 0 Å². The number of rotatable bonds is 1. The van der Waals surface area contributed by atoms with Crippen molar-refractivity contribution in [2.45, 2.75) is 31.8 Å². The topological polar surface area (TPSA) is 49.8 Å². The zero-order valence-electron chi connectivity index (χ0n) is 7.61. The van der Waals surface area contributed by atoms with Crippen LogP contribution in [0.25, 0.3) is 0 Å². The lowest BCUT2D eigenvalue weighted by Gasteiger charge is -2.39. The first-order valence-electron chi connectivity index (χ1n) is 4.84. The van der Waals surface area contributed by atoms with Crippen molar-refractivity contribution in [3.8, 4) is 0 Å². The summed E-state index contributed by atoms with van der Waals surface area (Å²) in [7, 11) is 0. The monoisotopic (exact) mass is 185 g/mol. The molecule has 2 atom stereocenters. The molecule has 1 heterocycles. The number of aliphatic hydroxyl groups excluding tert-OH is 1. The maximum absolute atomic E-state index is 11.7. The first kappa shape index (κ1) is 8.97. The molecule has 0 spiro atoms. The summed E-state index contributed by atoms with van der Waals surface area (Å²) in [6.07, 6.45) is 4.29. The zero-order chi connectivity index (χ0) is 9.26. The van der Waals surface area contributed by atoms with E-state index in [9.17, 15) is 4.79 Å². The van der Waals surface area contributed by atoms with Gasteiger partial charge in [-0.2, -0.15) is 0 Å². The van der Waals surface area contributed by atoms with E-state index in [0.29, 0.717) is 0 Å². The molecule has 1 aliphatic carbocycles. The van der Waals surface area contributed by atoms with Crippen molar-refractivity contribution < 1.29 is 14.6 Å². The molecule has 1 amide bonds. The maximum atomic E-state index is 11.7. The Labute approximate surface area is 77.5 Å². The van der Waals surface area contributed by atoms with Crippen LogP contribution in [0.5, 0.6) is 0 Å². The second-order valence-corrected chi connectivity index (χ2v) is 3.74. The molecule has 4 nitrogen and oxygen atoms in total. The Morgan fingerprint density at radius 2 is 2.23 bits per heavy atom. The molecule has 1 aliphatic heterocycles. The fraction of sp³-hybridized carbons (Fsp3) is 0.889. The van der Waals surface area contributed by atoms with Crippen molar-refractivity contribution in [2.75, 3.05) is 13.5 Å². The molecule has 0 radical (unpaired) electrons. The average molecular weight is 185 g/mol. The van der Waals surface area contributed by atoms with Crippen LogP contribution in [0.1, 0.15) is 25.7 Å². The van der Waals surface area contributed by atoms with Crippen LogP contribution in [0.15, 0.2) is 0 Å². The van der Waals surface area contributed by atoms with E-state index in [0.717, 1.165) is 25.7 Å². The average Bonchev–Trinajstić information content (AvgIpc) is 2.19. The van der Waals surface area contributed by atoms with E-state index in [1.165, 1.54) is 4.90 Å². The molecule has 2 unspecified atom stereocenters. The van der Waals surface area contributed by atoms with Crippen LogP contribution in [0.3, 0.4) is 0 Å². The van der Waals surface area contributed by atoms with E-state index < -0.39 is 0 Å². The molecular weight excluding hydrogens is 170 g/mol. The predicted octanol–water partition coefficient (Wildman–Crippen LogP) is 0.311. The largest absolute Gasteiger partial charge is 0.376 e. The summed E-state index contributed by atoms with van der Waals surface area (Å²) in [6.45, 7) is 0.0402. The SMILES string of the molecule is O=C1C2CCCCC2OCN1CO. The molecule has 0 bridgehead atoms. The molecule has 74 valence electrons. The smallest absolute Gasteiger partial charge is 0.231 e. The number of hydrogen-bond acceptors (Lipinski definition) is 3. The normalized spacial score (nSPS) is 34.5. The number of fused-ring (bicyclic) bond motifs is 1. The summed E-state index contributed by atoms with van der Waals surface area (Å²) in [5.74, 6) is 0.0769. The molecule has 0 aromatic rings. The van der Waals surface area contributed by atoms with E-state index in [4.69, 9.17) is 9.84 Å². The van der Waals surface area contributed by atoms with Crippen LogP contribution in [0, 0.1) is 5.92 Å². The van der Waals surface area contributed by atoms with Crippen molar-refractivity contribution in [3.63, 3.8) is 0 Å². The second kappa shape index (κ2) is 3.64. The molecule has 4 heteroatoms. The van der Waals surface area contributed by atoms with Gasteiger partial charge in [0.2, 0.25) is 5.91 Å². The Hall–Kier alpha value is -0.610. The quantitative estimate of drug-likeness (QED) is 0.639. The van der Waals surface area contributed by atoms with E-state index in [2.05, 4.69) is 0 Å². The van der Waals surface area contributed by atoms with Crippen molar-refractivity contribution in [1.29, 1.82) is 0 Å². The third-order valence-corrected chi connectivity index (χ3v) is 2.95. The van der Waals surface area contributed by atoms with Gasteiger partial charge in [0.25, 0.3) is 0 Å². The minimum absolute atomic E-state index is 0.00894. The standard InChI is InChI=1S/C9H15NO3/c11-5-10-6-13-8-4-2-1-3-7(8)9(10)12/h7-8,11H,1-6H2. The van der Waals surface area contributed by atoms with Crippen LogP contribution in [0.4, 0.5) is 0 Å². The highest BCUT2D eigenvalue weighted by molar-refractivity contribution is 5.79. The number of carbonyl (C=O) groups excluding carboxylic acids is 1. The molecule has 1 saturated carbocycles. The molecule has 1 N–H and O–H groups in total. The third-order valence-electron chi connectivity index (χ3n) is 2.95. The first-order valence-corrected chi connectivity index (χ1v) is 4.84. The Bertz CT molecular complexity index is 207. The summed E-state index contributed by atoms with van der Waals surface area (Å²) < 4.78 is 5.50. The lowest BCUT2D eigenvalue weighted by Crippen LogP contribution is -2.50. The van der Waals surface area contributed by atoms with Gasteiger partial charge in [-0.3, -0.25) is 9.69 Å². The number of nitrogens with zero attached hydrogens (tertiary/aromatic N) is 1. The van der Waals surface area contributed by atoms with Crippen molar-refractivity contribution >= 4 is 5.91 Å². The minimum atomic E-state index is -0.220. The molecule has 2 fully saturated rings. The van der Waals surface area contributed by atoms with Crippen LogP contribution in [-0.4, -0.2) is 35.5 Å². The van der Waals surface area contributed by atoms with E-state index in [1.54, 1.807) is 0 Å². The number of amides is 1. The lowest BCUT2D eigenvalue weighted by atomic mass is 9.85. The fourth-order valence-electron chi connectivity index (χ4n) is 2.17. The van der Waals surface area contributed by atoms with E-state index in [1.807, 2.05) is 0 Å². The number of carbonyl (C=O) groups is 1. The van der Waals surface area contributed by atoms with Gasteiger partial charge >= 0.3 is 0 Å². The van der Waals surface area contributed by atoms with Crippen LogP contribution < -0.4 is 0 Å². The van der Waals surface area contributed by atoms with Crippen LogP contribution >= 0.6 is 0 Å². The van der Waals surface area contributed by atoms with Gasteiger partial charge in [-0.25, -0.2) is 0 Å². The molecule has 2 rings (SSSR count). The lowest BCUT2D eigenvalue weighted by molar-refractivity contribution is -0.176. The number of aliphatic hydroxyl groups is 1. The fourth-order valence-corrected chi connectivity index (χ4v) is 2.17. The van der Waals surface area contributed by atoms with Crippen molar-refractivity contribution in [2.24, 2.45) is 5.92 Å². The summed E-state index contributed by atoms with van der Waals surface area (Å²) in [5, 5.41) is 8.88. The predicted molar refractivity (Wildman–Crippen MR) is 45.6 cm³/mol. The van der Waals surface area contributed by atoms with Crippen LogP contribution in [0.2, 0.25) is 0 Å². The third kappa shape index (κ3) is 1.56. The minimum Gasteiger partial charge on any atom is -0.376 e. The zero-order valence-corrected chi connectivity index (χ0v) is 7.61. The Morgan fingerprint density at radius 3 is 3.00 bits per heavy atom. The molecule has 1 saturated heterocycles. The van der Waals surface area contributed by atoms with E-state index >= 15 is 0 Å². The highest BCUT2D eigenvalue weighted by atomic mass is 16.5. The van der Waals surface area contributed by atoms with E-state index in [-0.39, 0.29) is 31.4 Å². The van der Waals surface area contributed by atoms with Crippen molar-refractivity contribution in [3.05, 3.63) is 0 Å². The highest BCUT2D eigenvalue weighted by Crippen LogP contribution is 2.31. The van der Waals surface area contributed by atoms with Gasteiger partial charge in [-0.05, 0) is 12.8 Å². The van der Waals surface area contributed by atoms with Crippen molar-refractivity contribution in [1.82, 2.24) is 4.90 Å². The van der Waals surface area contributed by atoms with Gasteiger partial charge in [-0.1, -0.05) is 12.8 Å². The second-order valence-electron chi connectivity index (χ2n) is 3.74. The first-order chi connectivity index (χ1) is 6.33. The maximum Gasteiger partial charge on any atom is 0.231 e. The Balaban J connectivity index is 2.05. The number of ether oxygens (including phenoxy) is 1. The Kier molecular flexibility index (Phi) is 2.51. The van der Waals surface area contributed by atoms with Gasteiger partial charge < -0.3 is 9.84 Å². The van der Waals surface area contributed by atoms with Gasteiger partial charge in [0.1, 0.15) is 13.5 Å². The number of hydrogen-bond donors (Lipinski definition) is 1. The summed E-state index contributed by atoms with van der Waals surface area (Å²) in [5.41, 5.74) is 0. The molecule has 2 aliphatic rings. The summed E-state index contributed by atoms with van der Waals surface area (Å²) >= 11 is 0. The van der Waals surface area contributed by atoms with Crippen LogP contribution in [-0.2, 0) is 9.53 Å². The highest BCUT2D eigenvalue weighted by Gasteiger charge is 2.38. The molecule has 13 heavy (non-hydrogen) atoms. The summed E-state index contributed by atoms with van der Waals surface area (Å²) in [6, 6.07) is 0. The Morgan fingerprint density at radius 1 is 1.46 bits per heavy atom. The van der Waals surface area contributed by atoms with Gasteiger partial charge in [0, 0.05) is 0 Å². The van der Waals surface area contributed by atoms with Gasteiger partial charge in [0.05, 0.1) is 12.0 Å². The molecular formula is C9H15NO3.